The Morgan fingerprint density at radius 3 is 2.18 bits per heavy atom. The molecule has 152 valence electrons. The number of benzene rings is 2. The van der Waals surface area contributed by atoms with E-state index in [2.05, 4.69) is 57.3 Å². The molecule has 28 heavy (non-hydrogen) atoms. The Morgan fingerprint density at radius 2 is 1.64 bits per heavy atom. The lowest BCUT2D eigenvalue weighted by atomic mass is 9.86. The van der Waals surface area contributed by atoms with Gasteiger partial charge in [-0.1, -0.05) is 58.0 Å². The van der Waals surface area contributed by atoms with Crippen LogP contribution in [-0.4, -0.2) is 20.1 Å². The van der Waals surface area contributed by atoms with Gasteiger partial charge in [0.25, 0.3) is 0 Å². The smallest absolute Gasteiger partial charge is 0.220 e. The number of nitrogens with one attached hydrogen (secondary N) is 1. The Hall–Kier alpha value is -2.49. The van der Waals surface area contributed by atoms with Crippen molar-refractivity contribution in [2.45, 2.75) is 58.4 Å². The van der Waals surface area contributed by atoms with Crippen molar-refractivity contribution >= 4 is 5.91 Å². The van der Waals surface area contributed by atoms with Gasteiger partial charge in [0.15, 0.2) is 11.5 Å². The van der Waals surface area contributed by atoms with Crippen molar-refractivity contribution in [2.75, 3.05) is 14.2 Å². The van der Waals surface area contributed by atoms with Crippen LogP contribution in [0.15, 0.2) is 42.5 Å². The molecule has 2 rings (SSSR count). The third-order valence-corrected chi connectivity index (χ3v) is 5.01. The molecule has 0 saturated heterocycles. The van der Waals surface area contributed by atoms with Gasteiger partial charge in [-0.2, -0.15) is 0 Å². The quantitative estimate of drug-likeness (QED) is 0.681. The molecular formula is C24H33NO3. The maximum atomic E-state index is 12.5. The summed E-state index contributed by atoms with van der Waals surface area (Å²) in [5.41, 5.74) is 3.65. The molecule has 4 nitrogen and oxygen atoms in total. The largest absolute Gasteiger partial charge is 0.493 e. The van der Waals surface area contributed by atoms with Crippen LogP contribution in [0.2, 0.25) is 0 Å². The van der Waals surface area contributed by atoms with Gasteiger partial charge in [-0.15, -0.1) is 0 Å². The van der Waals surface area contributed by atoms with Gasteiger partial charge in [-0.05, 0) is 47.1 Å². The van der Waals surface area contributed by atoms with Crippen molar-refractivity contribution in [3.8, 4) is 11.5 Å². The monoisotopic (exact) mass is 383 g/mol. The van der Waals surface area contributed by atoms with Gasteiger partial charge in [-0.25, -0.2) is 0 Å². The molecule has 2 aromatic rings. The maximum absolute atomic E-state index is 12.5. The summed E-state index contributed by atoms with van der Waals surface area (Å²) in [5, 5.41) is 3.14. The third kappa shape index (κ3) is 5.75. The summed E-state index contributed by atoms with van der Waals surface area (Å²) in [7, 11) is 3.23. The summed E-state index contributed by atoms with van der Waals surface area (Å²) in [6, 6.07) is 14.3. The highest BCUT2D eigenvalue weighted by Gasteiger charge is 2.16. The Bertz CT molecular complexity index is 775. The molecule has 1 N–H and O–H groups in total. The van der Waals surface area contributed by atoms with Crippen molar-refractivity contribution in [3.63, 3.8) is 0 Å². The Morgan fingerprint density at radius 1 is 1.00 bits per heavy atom. The summed E-state index contributed by atoms with van der Waals surface area (Å²) >= 11 is 0. The van der Waals surface area contributed by atoms with Crippen molar-refractivity contribution in [1.82, 2.24) is 5.32 Å². The summed E-state index contributed by atoms with van der Waals surface area (Å²) in [6.45, 7) is 8.67. The second kappa shape index (κ2) is 9.63. The first-order valence-corrected chi connectivity index (χ1v) is 9.89. The fourth-order valence-electron chi connectivity index (χ4n) is 3.19. The highest BCUT2D eigenvalue weighted by atomic mass is 16.5. The number of rotatable bonds is 8. The van der Waals surface area contributed by atoms with E-state index >= 15 is 0 Å². The number of hydrogen-bond donors (Lipinski definition) is 1. The van der Waals surface area contributed by atoms with E-state index in [4.69, 9.17) is 9.47 Å². The van der Waals surface area contributed by atoms with Crippen LogP contribution in [-0.2, 0) is 16.6 Å². The molecule has 0 bridgehead atoms. The van der Waals surface area contributed by atoms with Crippen LogP contribution in [0.25, 0.3) is 0 Å². The molecule has 0 aliphatic carbocycles. The molecule has 0 spiro atoms. The standard InChI is InChI=1S/C24H33NO3/c1-7-20(18-11-14-21(27-5)22(16-18)28-6)25-23(26)15-10-17-8-12-19(13-9-17)24(2,3)4/h8-9,11-14,16,20H,7,10,15H2,1-6H3,(H,25,26). The molecule has 1 unspecified atom stereocenters. The highest BCUT2D eigenvalue weighted by Crippen LogP contribution is 2.31. The van der Waals surface area contributed by atoms with Gasteiger partial charge in [0, 0.05) is 6.42 Å². The highest BCUT2D eigenvalue weighted by molar-refractivity contribution is 5.76. The third-order valence-electron chi connectivity index (χ3n) is 5.01. The Balaban J connectivity index is 1.97. The number of ether oxygens (including phenoxy) is 2. The molecule has 0 saturated carbocycles. The molecule has 0 heterocycles. The molecule has 0 aromatic heterocycles. The summed E-state index contributed by atoms with van der Waals surface area (Å²) in [4.78, 5) is 12.5. The molecule has 0 aliphatic rings. The molecular weight excluding hydrogens is 350 g/mol. The van der Waals surface area contributed by atoms with Crippen LogP contribution in [0.5, 0.6) is 11.5 Å². The minimum Gasteiger partial charge on any atom is -0.493 e. The number of amides is 1. The van der Waals surface area contributed by atoms with E-state index in [-0.39, 0.29) is 17.4 Å². The van der Waals surface area contributed by atoms with Gasteiger partial charge in [0.2, 0.25) is 5.91 Å². The molecule has 0 radical (unpaired) electrons. The average Bonchev–Trinajstić information content (AvgIpc) is 2.69. The fraction of sp³-hybridized carbons (Fsp3) is 0.458. The van der Waals surface area contributed by atoms with Crippen molar-refractivity contribution in [2.24, 2.45) is 0 Å². The van der Waals surface area contributed by atoms with E-state index in [0.717, 1.165) is 18.4 Å². The van der Waals surface area contributed by atoms with Crippen LogP contribution >= 0.6 is 0 Å². The zero-order valence-corrected chi connectivity index (χ0v) is 18.0. The van der Waals surface area contributed by atoms with Crippen molar-refractivity contribution in [1.29, 1.82) is 0 Å². The summed E-state index contributed by atoms with van der Waals surface area (Å²) in [6.07, 6.45) is 2.01. The number of aryl methyl sites for hydroxylation is 1. The van der Waals surface area contributed by atoms with Crippen LogP contribution < -0.4 is 14.8 Å². The maximum Gasteiger partial charge on any atom is 0.220 e. The van der Waals surface area contributed by atoms with E-state index in [1.165, 1.54) is 11.1 Å². The van der Waals surface area contributed by atoms with Gasteiger partial charge >= 0.3 is 0 Å². The second-order valence-electron chi connectivity index (χ2n) is 8.09. The zero-order valence-electron chi connectivity index (χ0n) is 18.0. The van der Waals surface area contributed by atoms with Crippen LogP contribution in [0.1, 0.15) is 63.3 Å². The lowest BCUT2D eigenvalue weighted by molar-refractivity contribution is -0.121. The second-order valence-corrected chi connectivity index (χ2v) is 8.09. The van der Waals surface area contributed by atoms with Gasteiger partial charge in [0.05, 0.1) is 20.3 Å². The molecule has 2 aromatic carbocycles. The Kier molecular flexibility index (Phi) is 7.50. The lowest BCUT2D eigenvalue weighted by Gasteiger charge is -2.20. The Labute approximate surface area is 169 Å². The molecule has 4 heteroatoms. The lowest BCUT2D eigenvalue weighted by Crippen LogP contribution is -2.28. The average molecular weight is 384 g/mol. The molecule has 0 fully saturated rings. The predicted octanol–water partition coefficient (Wildman–Crippen LogP) is 5.20. The zero-order chi connectivity index (χ0) is 20.7. The van der Waals surface area contributed by atoms with Crippen molar-refractivity contribution < 1.29 is 14.3 Å². The van der Waals surface area contributed by atoms with E-state index in [1.54, 1.807) is 14.2 Å². The minimum atomic E-state index is -0.0458. The first kappa shape index (κ1) is 21.8. The molecule has 1 atom stereocenters. The van der Waals surface area contributed by atoms with E-state index in [1.807, 2.05) is 18.2 Å². The van der Waals surface area contributed by atoms with Gasteiger partial charge in [-0.3, -0.25) is 4.79 Å². The van der Waals surface area contributed by atoms with Crippen LogP contribution in [0, 0.1) is 0 Å². The fourth-order valence-corrected chi connectivity index (χ4v) is 3.19. The summed E-state index contributed by atoms with van der Waals surface area (Å²) in [5.74, 6) is 1.42. The minimum absolute atomic E-state index is 0.0458. The SMILES string of the molecule is CCC(NC(=O)CCc1ccc(C(C)(C)C)cc1)c1ccc(OC)c(OC)c1. The van der Waals surface area contributed by atoms with Crippen LogP contribution in [0.3, 0.4) is 0 Å². The van der Waals surface area contributed by atoms with Crippen molar-refractivity contribution in [3.05, 3.63) is 59.2 Å². The van der Waals surface area contributed by atoms with E-state index in [9.17, 15) is 4.79 Å². The van der Waals surface area contributed by atoms with E-state index < -0.39 is 0 Å². The topological polar surface area (TPSA) is 47.6 Å². The van der Waals surface area contributed by atoms with Gasteiger partial charge in [0.1, 0.15) is 0 Å². The van der Waals surface area contributed by atoms with Gasteiger partial charge < -0.3 is 14.8 Å². The van der Waals surface area contributed by atoms with E-state index in [0.29, 0.717) is 17.9 Å². The first-order chi connectivity index (χ1) is 13.3. The molecule has 1 amide bonds. The number of carbonyl (C=O) groups excluding carboxylic acids is 1. The predicted molar refractivity (Wildman–Crippen MR) is 114 cm³/mol. The normalized spacial score (nSPS) is 12.4. The van der Waals surface area contributed by atoms with Crippen LogP contribution in [0.4, 0.5) is 0 Å². The number of hydrogen-bond acceptors (Lipinski definition) is 3. The number of carbonyl (C=O) groups is 1. The first-order valence-electron chi connectivity index (χ1n) is 9.89. The number of methoxy groups -OCH3 is 2. The summed E-state index contributed by atoms with van der Waals surface area (Å²) < 4.78 is 10.7. The molecule has 0 aliphatic heterocycles.